The first-order chi connectivity index (χ1) is 8.20. The Morgan fingerprint density at radius 2 is 2.24 bits per heavy atom. The summed E-state index contributed by atoms with van der Waals surface area (Å²) in [5.41, 5.74) is 6.85. The fraction of sp³-hybridized carbons (Fsp3) is 0.0833. The molecule has 2 aromatic rings. The third kappa shape index (κ3) is 2.57. The van der Waals surface area contributed by atoms with Crippen molar-refractivity contribution in [1.29, 1.82) is 0 Å². The van der Waals surface area contributed by atoms with E-state index in [9.17, 15) is 4.79 Å². The van der Waals surface area contributed by atoms with Crippen molar-refractivity contribution in [2.24, 2.45) is 0 Å². The minimum Gasteiger partial charge on any atom is -0.497 e. The summed E-state index contributed by atoms with van der Waals surface area (Å²) in [6.07, 6.45) is 0. The maximum absolute atomic E-state index is 11.8. The van der Waals surface area contributed by atoms with Crippen LogP contribution in [0.15, 0.2) is 35.7 Å². The van der Waals surface area contributed by atoms with Crippen molar-refractivity contribution < 1.29 is 9.53 Å². The first-order valence-electron chi connectivity index (χ1n) is 4.99. The molecule has 1 amide bonds. The number of hydrogen-bond acceptors (Lipinski definition) is 4. The topological polar surface area (TPSA) is 64.3 Å². The molecule has 1 heterocycles. The van der Waals surface area contributed by atoms with Gasteiger partial charge in [-0.15, -0.1) is 11.3 Å². The van der Waals surface area contributed by atoms with E-state index in [1.807, 2.05) is 11.4 Å². The second-order valence-electron chi connectivity index (χ2n) is 3.38. The predicted octanol–water partition coefficient (Wildman–Crippen LogP) is 2.59. The van der Waals surface area contributed by atoms with Crippen molar-refractivity contribution in [3.05, 3.63) is 40.6 Å². The number of amides is 1. The molecule has 0 aliphatic carbocycles. The Morgan fingerprint density at radius 3 is 2.88 bits per heavy atom. The molecule has 0 saturated carbocycles. The van der Waals surface area contributed by atoms with Gasteiger partial charge in [-0.05, 0) is 23.6 Å². The zero-order valence-corrected chi connectivity index (χ0v) is 10.1. The molecule has 4 nitrogen and oxygen atoms in total. The number of benzene rings is 1. The number of methoxy groups -OCH3 is 1. The van der Waals surface area contributed by atoms with Gasteiger partial charge < -0.3 is 15.8 Å². The quantitative estimate of drug-likeness (QED) is 0.820. The van der Waals surface area contributed by atoms with Gasteiger partial charge in [-0.2, -0.15) is 0 Å². The van der Waals surface area contributed by atoms with E-state index in [0.717, 1.165) is 0 Å². The minimum absolute atomic E-state index is 0.167. The van der Waals surface area contributed by atoms with E-state index in [1.165, 1.54) is 11.3 Å². The number of carbonyl (C=O) groups excluding carboxylic acids is 1. The molecular formula is C12H12N2O2S. The van der Waals surface area contributed by atoms with Crippen LogP contribution >= 0.6 is 11.3 Å². The molecule has 0 radical (unpaired) electrons. The van der Waals surface area contributed by atoms with Crippen molar-refractivity contribution >= 4 is 28.6 Å². The first-order valence-corrected chi connectivity index (χ1v) is 5.87. The lowest BCUT2D eigenvalue weighted by atomic mass is 10.2. The molecule has 1 aromatic heterocycles. The van der Waals surface area contributed by atoms with Crippen LogP contribution < -0.4 is 15.8 Å². The standard InChI is InChI=1S/C12H12N2O2S/c1-16-8-4-5-9(13)10(7-8)14-12(15)11-3-2-6-17-11/h2-7H,13H2,1H3,(H,14,15). The Kier molecular flexibility index (Phi) is 3.30. The van der Waals surface area contributed by atoms with E-state index in [2.05, 4.69) is 5.32 Å². The van der Waals surface area contributed by atoms with Gasteiger partial charge in [0.1, 0.15) is 5.75 Å². The van der Waals surface area contributed by atoms with Crippen molar-refractivity contribution in [1.82, 2.24) is 0 Å². The van der Waals surface area contributed by atoms with Crippen LogP contribution in [0.1, 0.15) is 9.67 Å². The zero-order valence-electron chi connectivity index (χ0n) is 9.27. The fourth-order valence-electron chi connectivity index (χ4n) is 1.36. The molecule has 2 rings (SSSR count). The molecule has 0 spiro atoms. The second kappa shape index (κ2) is 4.88. The van der Waals surface area contributed by atoms with Crippen molar-refractivity contribution in [3.63, 3.8) is 0 Å². The van der Waals surface area contributed by atoms with Gasteiger partial charge in [0, 0.05) is 6.07 Å². The Labute approximate surface area is 103 Å². The summed E-state index contributed by atoms with van der Waals surface area (Å²) in [6, 6.07) is 8.73. The smallest absolute Gasteiger partial charge is 0.265 e. The van der Waals surface area contributed by atoms with Crippen LogP contribution in [0.25, 0.3) is 0 Å². The van der Waals surface area contributed by atoms with Crippen molar-refractivity contribution in [2.75, 3.05) is 18.2 Å². The molecule has 0 unspecified atom stereocenters. The Balaban J connectivity index is 2.21. The van der Waals surface area contributed by atoms with Crippen molar-refractivity contribution in [2.45, 2.75) is 0 Å². The van der Waals surface area contributed by atoms with Crippen LogP contribution in [0.5, 0.6) is 5.75 Å². The molecular weight excluding hydrogens is 236 g/mol. The molecule has 88 valence electrons. The van der Waals surface area contributed by atoms with Gasteiger partial charge in [-0.25, -0.2) is 0 Å². The average Bonchev–Trinajstić information content (AvgIpc) is 2.85. The van der Waals surface area contributed by atoms with Gasteiger partial charge in [0.05, 0.1) is 23.4 Å². The van der Waals surface area contributed by atoms with Crippen LogP contribution in [0.4, 0.5) is 11.4 Å². The molecule has 0 fully saturated rings. The summed E-state index contributed by atoms with van der Waals surface area (Å²) >= 11 is 1.38. The lowest BCUT2D eigenvalue weighted by molar-refractivity contribution is 0.103. The SMILES string of the molecule is COc1ccc(N)c(NC(=O)c2cccs2)c1. The molecule has 17 heavy (non-hydrogen) atoms. The summed E-state index contributed by atoms with van der Waals surface area (Å²) < 4.78 is 5.08. The molecule has 0 aliphatic rings. The molecule has 1 aromatic carbocycles. The van der Waals surface area contributed by atoms with Gasteiger partial charge in [0.15, 0.2) is 0 Å². The minimum atomic E-state index is -0.167. The number of carbonyl (C=O) groups is 1. The van der Waals surface area contributed by atoms with Gasteiger partial charge in [0.25, 0.3) is 5.91 Å². The normalized spacial score (nSPS) is 9.94. The zero-order chi connectivity index (χ0) is 12.3. The lowest BCUT2D eigenvalue weighted by Crippen LogP contribution is -2.11. The number of nitrogens with one attached hydrogen (secondary N) is 1. The van der Waals surface area contributed by atoms with Gasteiger partial charge in [-0.1, -0.05) is 6.07 Å². The van der Waals surface area contributed by atoms with Gasteiger partial charge in [-0.3, -0.25) is 4.79 Å². The number of anilines is 2. The summed E-state index contributed by atoms with van der Waals surface area (Å²) in [6.45, 7) is 0. The fourth-order valence-corrected chi connectivity index (χ4v) is 1.98. The first kappa shape index (κ1) is 11.5. The van der Waals surface area contributed by atoms with Crippen LogP contribution in [0.2, 0.25) is 0 Å². The molecule has 0 saturated heterocycles. The number of nitrogens with two attached hydrogens (primary N) is 1. The van der Waals surface area contributed by atoms with Gasteiger partial charge in [0.2, 0.25) is 0 Å². The number of rotatable bonds is 3. The Bertz CT molecular complexity index is 523. The Hall–Kier alpha value is -2.01. The van der Waals surface area contributed by atoms with Crippen LogP contribution in [-0.4, -0.2) is 13.0 Å². The highest BCUT2D eigenvalue weighted by Crippen LogP contribution is 2.25. The van der Waals surface area contributed by atoms with Gasteiger partial charge >= 0.3 is 0 Å². The number of ether oxygens (including phenoxy) is 1. The third-order valence-electron chi connectivity index (χ3n) is 2.25. The average molecular weight is 248 g/mol. The highest BCUT2D eigenvalue weighted by atomic mass is 32.1. The summed E-state index contributed by atoms with van der Waals surface area (Å²) in [4.78, 5) is 12.5. The van der Waals surface area contributed by atoms with Crippen LogP contribution in [0.3, 0.4) is 0 Å². The number of hydrogen-bond donors (Lipinski definition) is 2. The molecule has 0 aliphatic heterocycles. The Morgan fingerprint density at radius 1 is 1.41 bits per heavy atom. The van der Waals surface area contributed by atoms with E-state index in [-0.39, 0.29) is 5.91 Å². The van der Waals surface area contributed by atoms with E-state index < -0.39 is 0 Å². The van der Waals surface area contributed by atoms with E-state index in [1.54, 1.807) is 31.4 Å². The molecule has 3 N–H and O–H groups in total. The monoisotopic (exact) mass is 248 g/mol. The molecule has 5 heteroatoms. The van der Waals surface area contributed by atoms with E-state index >= 15 is 0 Å². The number of thiophene rings is 1. The maximum atomic E-state index is 11.8. The summed E-state index contributed by atoms with van der Waals surface area (Å²) in [5, 5.41) is 4.60. The predicted molar refractivity (Wildman–Crippen MR) is 69.7 cm³/mol. The second-order valence-corrected chi connectivity index (χ2v) is 4.33. The summed E-state index contributed by atoms with van der Waals surface area (Å²) in [7, 11) is 1.57. The largest absolute Gasteiger partial charge is 0.497 e. The highest BCUT2D eigenvalue weighted by molar-refractivity contribution is 7.12. The van der Waals surface area contributed by atoms with Crippen LogP contribution in [-0.2, 0) is 0 Å². The lowest BCUT2D eigenvalue weighted by Gasteiger charge is -2.09. The van der Waals surface area contributed by atoms with E-state index in [0.29, 0.717) is 22.0 Å². The summed E-state index contributed by atoms with van der Waals surface area (Å²) in [5.74, 6) is 0.487. The van der Waals surface area contributed by atoms with Crippen LogP contribution in [0, 0.1) is 0 Å². The maximum Gasteiger partial charge on any atom is 0.265 e. The van der Waals surface area contributed by atoms with E-state index in [4.69, 9.17) is 10.5 Å². The highest BCUT2D eigenvalue weighted by Gasteiger charge is 2.09. The number of nitrogen functional groups attached to an aromatic ring is 1. The molecule has 0 atom stereocenters. The van der Waals surface area contributed by atoms with Crippen molar-refractivity contribution in [3.8, 4) is 5.75 Å². The third-order valence-corrected chi connectivity index (χ3v) is 3.12. The molecule has 0 bridgehead atoms.